The standard InChI is InChI=1S/C27H40N4O2/c1-7-19(8-2)22-16-20(15-18-11-9-10-12-18)28-23-17-21(29-31(22)23)24(32)30-14-13-26(3,4)25(33)27(30,5)6/h16-19H,7-15H2,1-6H3. The number of aromatic nitrogens is 3. The van der Waals surface area contributed by atoms with Gasteiger partial charge >= 0.3 is 0 Å². The number of nitrogens with zero attached hydrogens (tertiary/aromatic N) is 4. The van der Waals surface area contributed by atoms with E-state index in [4.69, 9.17) is 10.1 Å². The number of Topliss-reactive ketones (excluding diaryl/α,β-unsaturated/α-hetero) is 1. The van der Waals surface area contributed by atoms with Gasteiger partial charge < -0.3 is 4.90 Å². The molecule has 2 aromatic heterocycles. The van der Waals surface area contributed by atoms with Crippen LogP contribution in [0.3, 0.4) is 0 Å². The number of carbonyl (C=O) groups excluding carboxylic acids is 2. The van der Waals surface area contributed by atoms with Crippen molar-refractivity contribution in [1.29, 1.82) is 0 Å². The molecule has 0 atom stereocenters. The molecule has 1 saturated heterocycles. The number of hydrogen-bond donors (Lipinski definition) is 0. The maximum atomic E-state index is 13.6. The van der Waals surface area contributed by atoms with Gasteiger partial charge in [-0.05, 0) is 51.5 Å². The summed E-state index contributed by atoms with van der Waals surface area (Å²) in [5, 5.41) is 4.76. The normalized spacial score (nSPS) is 20.8. The Morgan fingerprint density at radius 2 is 1.79 bits per heavy atom. The van der Waals surface area contributed by atoms with E-state index in [9.17, 15) is 9.59 Å². The average molecular weight is 453 g/mol. The number of amides is 1. The largest absolute Gasteiger partial charge is 0.325 e. The molecule has 0 spiro atoms. The number of ketones is 1. The third-order valence-corrected chi connectivity index (χ3v) is 8.15. The molecule has 1 aliphatic heterocycles. The Bertz CT molecular complexity index is 1040. The van der Waals surface area contributed by atoms with Gasteiger partial charge in [0.2, 0.25) is 0 Å². The topological polar surface area (TPSA) is 67.6 Å². The number of carbonyl (C=O) groups is 2. The highest BCUT2D eigenvalue weighted by Crippen LogP contribution is 2.37. The van der Waals surface area contributed by atoms with E-state index < -0.39 is 11.0 Å². The Balaban J connectivity index is 1.72. The molecule has 180 valence electrons. The zero-order valence-corrected chi connectivity index (χ0v) is 21.3. The molecule has 0 bridgehead atoms. The van der Waals surface area contributed by atoms with Crippen LogP contribution < -0.4 is 0 Å². The molecule has 2 aromatic rings. The van der Waals surface area contributed by atoms with Crippen molar-refractivity contribution in [2.45, 2.75) is 104 Å². The minimum absolute atomic E-state index is 0.105. The van der Waals surface area contributed by atoms with Gasteiger partial charge in [0.05, 0.1) is 5.54 Å². The molecule has 2 fully saturated rings. The summed E-state index contributed by atoms with van der Waals surface area (Å²) in [6.07, 6.45) is 8.90. The fraction of sp³-hybridized carbons (Fsp3) is 0.704. The maximum absolute atomic E-state index is 13.6. The molecule has 0 unspecified atom stereocenters. The first-order valence-corrected chi connectivity index (χ1v) is 12.8. The smallest absolute Gasteiger partial charge is 0.275 e. The molecule has 6 nitrogen and oxygen atoms in total. The van der Waals surface area contributed by atoms with Gasteiger partial charge in [-0.3, -0.25) is 9.59 Å². The highest BCUT2D eigenvalue weighted by molar-refractivity contribution is 6.01. The van der Waals surface area contributed by atoms with Crippen molar-refractivity contribution < 1.29 is 9.59 Å². The van der Waals surface area contributed by atoms with E-state index in [0.717, 1.165) is 36.3 Å². The van der Waals surface area contributed by atoms with Crippen LogP contribution in [-0.2, 0) is 11.2 Å². The van der Waals surface area contributed by atoms with Crippen molar-refractivity contribution in [3.8, 4) is 0 Å². The predicted molar refractivity (Wildman–Crippen MR) is 130 cm³/mol. The van der Waals surface area contributed by atoms with Crippen LogP contribution in [0.4, 0.5) is 0 Å². The van der Waals surface area contributed by atoms with Crippen LogP contribution in [0.15, 0.2) is 12.1 Å². The minimum atomic E-state index is -0.853. The van der Waals surface area contributed by atoms with Crippen molar-refractivity contribution in [1.82, 2.24) is 19.5 Å². The van der Waals surface area contributed by atoms with Crippen molar-refractivity contribution in [2.24, 2.45) is 11.3 Å². The summed E-state index contributed by atoms with van der Waals surface area (Å²) in [4.78, 5) is 33.3. The number of likely N-dealkylation sites (tertiary alicyclic amines) is 1. The molecular weight excluding hydrogens is 412 g/mol. The lowest BCUT2D eigenvalue weighted by Gasteiger charge is -2.47. The molecule has 3 heterocycles. The second kappa shape index (κ2) is 8.84. The van der Waals surface area contributed by atoms with Crippen LogP contribution in [0.1, 0.15) is 114 Å². The first-order chi connectivity index (χ1) is 15.6. The molecular formula is C27H40N4O2. The van der Waals surface area contributed by atoms with Gasteiger partial charge in [-0.1, -0.05) is 53.4 Å². The molecule has 1 amide bonds. The van der Waals surface area contributed by atoms with E-state index in [2.05, 4.69) is 19.9 Å². The molecule has 4 rings (SSSR count). The fourth-order valence-corrected chi connectivity index (χ4v) is 6.00. The number of hydrogen-bond acceptors (Lipinski definition) is 4. The minimum Gasteiger partial charge on any atom is -0.325 e. The van der Waals surface area contributed by atoms with E-state index in [0.29, 0.717) is 30.5 Å². The summed E-state index contributed by atoms with van der Waals surface area (Å²) in [7, 11) is 0. The van der Waals surface area contributed by atoms with Crippen molar-refractivity contribution in [3.63, 3.8) is 0 Å². The second-order valence-corrected chi connectivity index (χ2v) is 11.3. The van der Waals surface area contributed by atoms with Crippen molar-refractivity contribution in [2.75, 3.05) is 6.54 Å². The van der Waals surface area contributed by atoms with Crippen LogP contribution >= 0.6 is 0 Å². The van der Waals surface area contributed by atoms with Gasteiger partial charge in [0.25, 0.3) is 5.91 Å². The maximum Gasteiger partial charge on any atom is 0.275 e. The zero-order valence-electron chi connectivity index (χ0n) is 21.3. The summed E-state index contributed by atoms with van der Waals surface area (Å²) in [5.74, 6) is 1.01. The molecule has 1 aliphatic carbocycles. The summed E-state index contributed by atoms with van der Waals surface area (Å²) in [6, 6.07) is 4.05. The SMILES string of the molecule is CCC(CC)c1cc(CC2CCCC2)nc2cc(C(=O)N3CCC(C)(C)C(=O)C3(C)C)nn12. The zero-order chi connectivity index (χ0) is 24.0. The van der Waals surface area contributed by atoms with Gasteiger partial charge in [0, 0.05) is 35.3 Å². The Kier molecular flexibility index (Phi) is 6.41. The highest BCUT2D eigenvalue weighted by Gasteiger charge is 2.49. The lowest BCUT2D eigenvalue weighted by Crippen LogP contribution is -2.61. The van der Waals surface area contributed by atoms with E-state index in [1.165, 1.54) is 25.7 Å². The molecule has 0 aromatic carbocycles. The van der Waals surface area contributed by atoms with Crippen LogP contribution in [0, 0.1) is 11.3 Å². The molecule has 6 heteroatoms. The van der Waals surface area contributed by atoms with E-state index in [1.807, 2.05) is 38.3 Å². The third-order valence-electron chi connectivity index (χ3n) is 8.15. The summed E-state index contributed by atoms with van der Waals surface area (Å²) < 4.78 is 1.88. The fourth-order valence-electron chi connectivity index (χ4n) is 6.00. The van der Waals surface area contributed by atoms with Crippen molar-refractivity contribution in [3.05, 3.63) is 29.2 Å². The quantitative estimate of drug-likeness (QED) is 0.573. The molecule has 2 aliphatic rings. The second-order valence-electron chi connectivity index (χ2n) is 11.3. The van der Waals surface area contributed by atoms with E-state index in [-0.39, 0.29) is 11.7 Å². The monoisotopic (exact) mass is 452 g/mol. The Labute approximate surface area is 198 Å². The van der Waals surface area contributed by atoms with Crippen molar-refractivity contribution >= 4 is 17.3 Å². The average Bonchev–Trinajstić information content (AvgIpc) is 3.42. The van der Waals surface area contributed by atoms with E-state index >= 15 is 0 Å². The third kappa shape index (κ3) is 4.33. The first-order valence-electron chi connectivity index (χ1n) is 12.8. The molecule has 0 radical (unpaired) electrons. The van der Waals surface area contributed by atoms with Gasteiger partial charge in [0.1, 0.15) is 0 Å². The molecule has 33 heavy (non-hydrogen) atoms. The van der Waals surface area contributed by atoms with Crippen LogP contribution in [-0.4, -0.2) is 43.3 Å². The van der Waals surface area contributed by atoms with Gasteiger partial charge in [-0.25, -0.2) is 9.50 Å². The lowest BCUT2D eigenvalue weighted by atomic mass is 9.72. The lowest BCUT2D eigenvalue weighted by molar-refractivity contribution is -0.141. The Morgan fingerprint density at radius 3 is 2.42 bits per heavy atom. The molecule has 1 saturated carbocycles. The molecule has 0 N–H and O–H groups in total. The number of rotatable bonds is 6. The highest BCUT2D eigenvalue weighted by atomic mass is 16.2. The summed E-state index contributed by atoms with van der Waals surface area (Å²) in [5.41, 5.74) is 2.12. The number of fused-ring (bicyclic) bond motifs is 1. The Hall–Kier alpha value is -2.24. The van der Waals surface area contributed by atoms with Gasteiger partial charge in [-0.15, -0.1) is 0 Å². The van der Waals surface area contributed by atoms with Crippen LogP contribution in [0.25, 0.3) is 5.65 Å². The summed E-state index contributed by atoms with van der Waals surface area (Å²) >= 11 is 0. The van der Waals surface area contributed by atoms with Crippen LogP contribution in [0.2, 0.25) is 0 Å². The summed E-state index contributed by atoms with van der Waals surface area (Å²) in [6.45, 7) is 12.6. The van der Waals surface area contributed by atoms with Crippen LogP contribution in [0.5, 0.6) is 0 Å². The van der Waals surface area contributed by atoms with E-state index in [1.54, 1.807) is 4.90 Å². The van der Waals surface area contributed by atoms with Gasteiger partial charge in [0.15, 0.2) is 17.1 Å². The first kappa shape index (κ1) is 23.9. The van der Waals surface area contributed by atoms with Gasteiger partial charge in [-0.2, -0.15) is 5.10 Å². The Morgan fingerprint density at radius 1 is 1.12 bits per heavy atom. The number of piperidine rings is 1. The predicted octanol–water partition coefficient (Wildman–Crippen LogP) is 5.59.